The highest BCUT2D eigenvalue weighted by molar-refractivity contribution is 5.32. The second kappa shape index (κ2) is 3.36. The van der Waals surface area contributed by atoms with Gasteiger partial charge in [-0.1, -0.05) is 13.0 Å². The van der Waals surface area contributed by atoms with Gasteiger partial charge in [0.15, 0.2) is 0 Å². The molecule has 0 spiro atoms. The first-order valence-corrected chi connectivity index (χ1v) is 4.89. The summed E-state index contributed by atoms with van der Waals surface area (Å²) in [4.78, 5) is 4.50. The van der Waals surface area contributed by atoms with Gasteiger partial charge in [0.25, 0.3) is 0 Å². The fourth-order valence-corrected chi connectivity index (χ4v) is 2.03. The summed E-state index contributed by atoms with van der Waals surface area (Å²) in [6.07, 6.45) is 3.63. The lowest BCUT2D eigenvalue weighted by Gasteiger charge is -2.07. The van der Waals surface area contributed by atoms with Crippen LogP contribution < -0.4 is 4.74 Å². The summed E-state index contributed by atoms with van der Waals surface area (Å²) in [5, 5.41) is 0. The Morgan fingerprint density at radius 3 is 3.08 bits per heavy atom. The number of rotatable bonds is 2. The minimum atomic E-state index is 0.657. The van der Waals surface area contributed by atoms with Crippen molar-refractivity contribution < 1.29 is 4.74 Å². The van der Waals surface area contributed by atoms with E-state index in [4.69, 9.17) is 4.74 Å². The topological polar surface area (TPSA) is 22.1 Å². The van der Waals surface area contributed by atoms with E-state index in [1.165, 1.54) is 30.5 Å². The van der Waals surface area contributed by atoms with E-state index in [9.17, 15) is 0 Å². The Labute approximate surface area is 78.9 Å². The van der Waals surface area contributed by atoms with E-state index in [0.717, 1.165) is 5.88 Å². The van der Waals surface area contributed by atoms with Gasteiger partial charge in [-0.2, -0.15) is 0 Å². The van der Waals surface area contributed by atoms with Gasteiger partial charge in [-0.25, -0.2) is 4.98 Å². The van der Waals surface area contributed by atoms with Gasteiger partial charge >= 0.3 is 0 Å². The number of hydrogen-bond acceptors (Lipinski definition) is 2. The number of fused-ring (bicyclic) bond motifs is 1. The smallest absolute Gasteiger partial charge is 0.213 e. The van der Waals surface area contributed by atoms with Crippen LogP contribution in [0, 0.1) is 0 Å². The molecule has 70 valence electrons. The Morgan fingerprint density at radius 1 is 1.54 bits per heavy atom. The molecule has 0 N–H and O–H groups in total. The van der Waals surface area contributed by atoms with E-state index >= 15 is 0 Å². The van der Waals surface area contributed by atoms with Gasteiger partial charge in [-0.05, 0) is 24.8 Å². The number of pyridine rings is 1. The second-order valence-corrected chi connectivity index (χ2v) is 3.54. The molecule has 0 aromatic carbocycles. The Bertz CT molecular complexity index is 309. The summed E-state index contributed by atoms with van der Waals surface area (Å²) in [7, 11) is 1.67. The molecule has 1 atom stereocenters. The van der Waals surface area contributed by atoms with Crippen molar-refractivity contribution in [3.63, 3.8) is 0 Å². The van der Waals surface area contributed by atoms with Gasteiger partial charge in [0, 0.05) is 12.0 Å². The number of ether oxygens (including phenoxy) is 1. The molecule has 0 saturated carbocycles. The van der Waals surface area contributed by atoms with Crippen molar-refractivity contribution in [2.45, 2.75) is 32.1 Å². The van der Waals surface area contributed by atoms with Gasteiger partial charge in [-0.3, -0.25) is 0 Å². The molecule has 0 radical (unpaired) electrons. The van der Waals surface area contributed by atoms with E-state index in [0.29, 0.717) is 5.92 Å². The fourth-order valence-electron chi connectivity index (χ4n) is 2.03. The molecule has 2 heteroatoms. The molecule has 1 aliphatic carbocycles. The van der Waals surface area contributed by atoms with Crippen LogP contribution in [0.1, 0.15) is 36.9 Å². The van der Waals surface area contributed by atoms with E-state index < -0.39 is 0 Å². The first kappa shape index (κ1) is 8.54. The molecule has 0 saturated heterocycles. The van der Waals surface area contributed by atoms with Crippen LogP contribution in [-0.4, -0.2) is 12.1 Å². The van der Waals surface area contributed by atoms with Crippen molar-refractivity contribution >= 4 is 0 Å². The Kier molecular flexibility index (Phi) is 2.21. The monoisotopic (exact) mass is 177 g/mol. The maximum atomic E-state index is 5.12. The SMILES string of the molecule is CCC1CCc2ccc(OC)nc21. The van der Waals surface area contributed by atoms with Crippen molar-refractivity contribution in [3.05, 3.63) is 23.4 Å². The molecule has 0 bridgehead atoms. The van der Waals surface area contributed by atoms with Gasteiger partial charge in [0.05, 0.1) is 12.8 Å². The van der Waals surface area contributed by atoms with E-state index in [2.05, 4.69) is 18.0 Å². The number of hydrogen-bond donors (Lipinski definition) is 0. The minimum Gasteiger partial charge on any atom is -0.481 e. The molecule has 2 nitrogen and oxygen atoms in total. The van der Waals surface area contributed by atoms with Gasteiger partial charge in [-0.15, -0.1) is 0 Å². The van der Waals surface area contributed by atoms with Crippen LogP contribution in [0.25, 0.3) is 0 Å². The van der Waals surface area contributed by atoms with Crippen LogP contribution in [0.3, 0.4) is 0 Å². The predicted molar refractivity (Wildman–Crippen MR) is 52.1 cm³/mol. The van der Waals surface area contributed by atoms with Crippen LogP contribution in [0.2, 0.25) is 0 Å². The Balaban J connectivity index is 2.37. The first-order chi connectivity index (χ1) is 6.35. The molecule has 1 unspecified atom stereocenters. The summed E-state index contributed by atoms with van der Waals surface area (Å²) in [5.74, 6) is 1.41. The molecule has 1 aromatic rings. The number of methoxy groups -OCH3 is 1. The highest BCUT2D eigenvalue weighted by atomic mass is 16.5. The molecule has 13 heavy (non-hydrogen) atoms. The predicted octanol–water partition coefficient (Wildman–Crippen LogP) is 2.53. The van der Waals surface area contributed by atoms with Crippen molar-refractivity contribution in [1.29, 1.82) is 0 Å². The molecule has 0 amide bonds. The largest absolute Gasteiger partial charge is 0.481 e. The summed E-state index contributed by atoms with van der Waals surface area (Å²) < 4.78 is 5.12. The molecule has 1 aromatic heterocycles. The molecule has 1 aliphatic rings. The van der Waals surface area contributed by atoms with Gasteiger partial charge in [0.2, 0.25) is 5.88 Å². The Morgan fingerprint density at radius 2 is 2.38 bits per heavy atom. The fraction of sp³-hybridized carbons (Fsp3) is 0.545. The summed E-state index contributed by atoms with van der Waals surface area (Å²) in [5.41, 5.74) is 2.68. The van der Waals surface area contributed by atoms with Crippen LogP contribution in [0.15, 0.2) is 12.1 Å². The maximum Gasteiger partial charge on any atom is 0.213 e. The van der Waals surface area contributed by atoms with Gasteiger partial charge < -0.3 is 4.74 Å². The van der Waals surface area contributed by atoms with E-state index in [1.807, 2.05) is 6.07 Å². The minimum absolute atomic E-state index is 0.657. The lowest BCUT2D eigenvalue weighted by Crippen LogP contribution is -1.97. The van der Waals surface area contributed by atoms with Gasteiger partial charge in [0.1, 0.15) is 0 Å². The lowest BCUT2D eigenvalue weighted by atomic mass is 10.0. The zero-order valence-electron chi connectivity index (χ0n) is 8.21. The lowest BCUT2D eigenvalue weighted by molar-refractivity contribution is 0.395. The maximum absolute atomic E-state index is 5.12. The number of nitrogens with zero attached hydrogens (tertiary/aromatic N) is 1. The molecule has 2 rings (SSSR count). The molecule has 1 heterocycles. The van der Waals surface area contributed by atoms with Crippen molar-refractivity contribution in [1.82, 2.24) is 4.98 Å². The average molecular weight is 177 g/mol. The summed E-state index contributed by atoms with van der Waals surface area (Å²) in [6.45, 7) is 2.22. The van der Waals surface area contributed by atoms with E-state index in [1.54, 1.807) is 7.11 Å². The van der Waals surface area contributed by atoms with Crippen LogP contribution in [0.5, 0.6) is 5.88 Å². The number of aromatic nitrogens is 1. The highest BCUT2D eigenvalue weighted by Crippen LogP contribution is 2.34. The summed E-state index contributed by atoms with van der Waals surface area (Å²) in [6, 6.07) is 4.10. The van der Waals surface area contributed by atoms with Crippen LogP contribution >= 0.6 is 0 Å². The molecular formula is C11H15NO. The normalized spacial score (nSPS) is 20.0. The van der Waals surface area contributed by atoms with Crippen LogP contribution in [0.4, 0.5) is 0 Å². The van der Waals surface area contributed by atoms with Crippen molar-refractivity contribution in [2.24, 2.45) is 0 Å². The second-order valence-electron chi connectivity index (χ2n) is 3.54. The zero-order chi connectivity index (χ0) is 9.26. The first-order valence-electron chi connectivity index (χ1n) is 4.89. The third-order valence-corrected chi connectivity index (χ3v) is 2.84. The van der Waals surface area contributed by atoms with Crippen molar-refractivity contribution in [3.8, 4) is 5.88 Å². The van der Waals surface area contributed by atoms with Crippen molar-refractivity contribution in [2.75, 3.05) is 7.11 Å². The highest BCUT2D eigenvalue weighted by Gasteiger charge is 2.22. The van der Waals surface area contributed by atoms with E-state index in [-0.39, 0.29) is 0 Å². The standard InChI is InChI=1S/C11H15NO/c1-3-8-4-5-9-6-7-10(13-2)12-11(8)9/h6-8H,3-5H2,1-2H3. The molecule has 0 fully saturated rings. The third kappa shape index (κ3) is 1.41. The molecular weight excluding hydrogens is 162 g/mol. The Hall–Kier alpha value is -1.05. The quantitative estimate of drug-likeness (QED) is 0.692. The molecule has 0 aliphatic heterocycles. The van der Waals surface area contributed by atoms with Crippen LogP contribution in [-0.2, 0) is 6.42 Å². The average Bonchev–Trinajstić information content (AvgIpc) is 2.59. The third-order valence-electron chi connectivity index (χ3n) is 2.84. The number of aryl methyl sites for hydroxylation is 1. The summed E-state index contributed by atoms with van der Waals surface area (Å²) >= 11 is 0. The zero-order valence-corrected chi connectivity index (χ0v) is 8.21.